The summed E-state index contributed by atoms with van der Waals surface area (Å²) in [5.74, 6) is -0.516. The summed E-state index contributed by atoms with van der Waals surface area (Å²) < 4.78 is 30.7. The molecule has 0 saturated carbocycles. The molecule has 0 aliphatic carbocycles. The van der Waals surface area contributed by atoms with Gasteiger partial charge in [-0.2, -0.15) is 0 Å². The van der Waals surface area contributed by atoms with Gasteiger partial charge in [0.1, 0.15) is 19.3 Å². The maximum absolute atomic E-state index is 13.5. The first kappa shape index (κ1) is 69.7. The number of ether oxygens (including phenoxy) is 1. The Labute approximate surface area is 445 Å². The number of amides is 1. The molecule has 0 aliphatic rings. The highest BCUT2D eigenvalue weighted by Gasteiger charge is 2.30. The minimum atomic E-state index is -4.45. The van der Waals surface area contributed by atoms with E-state index in [2.05, 4.69) is 74.7 Å². The van der Waals surface area contributed by atoms with Crippen molar-refractivity contribution in [3.05, 3.63) is 60.8 Å². The van der Waals surface area contributed by atoms with Crippen LogP contribution in [0.2, 0.25) is 0 Å². The quantitative estimate of drug-likeness (QED) is 0.0205. The van der Waals surface area contributed by atoms with Gasteiger partial charge < -0.3 is 19.4 Å². The number of nitrogens with one attached hydrogen (secondary N) is 1. The predicted octanol–water partition coefficient (Wildman–Crippen LogP) is 18.3. The minimum Gasteiger partial charge on any atom is -0.456 e. The zero-order chi connectivity index (χ0) is 52.9. The van der Waals surface area contributed by atoms with Crippen molar-refractivity contribution in [2.75, 3.05) is 40.9 Å². The number of allylic oxidation sites excluding steroid dienone is 9. The van der Waals surface area contributed by atoms with Crippen LogP contribution >= 0.6 is 7.82 Å². The van der Waals surface area contributed by atoms with E-state index < -0.39 is 20.0 Å². The van der Waals surface area contributed by atoms with Crippen molar-refractivity contribution in [3.8, 4) is 0 Å². The van der Waals surface area contributed by atoms with Crippen molar-refractivity contribution in [3.63, 3.8) is 0 Å². The summed E-state index contributed by atoms with van der Waals surface area (Å²) in [7, 11) is 1.49. The van der Waals surface area contributed by atoms with Gasteiger partial charge in [-0.1, -0.05) is 230 Å². The maximum Gasteiger partial charge on any atom is 0.472 e. The largest absolute Gasteiger partial charge is 0.472 e. The lowest BCUT2D eigenvalue weighted by molar-refractivity contribution is -0.870. The molecule has 1 amide bonds. The standard InChI is InChI=1S/C62H115N2O7P/c1-7-10-13-16-19-22-25-28-30-31-32-33-34-37-40-43-46-49-52-55-62(66)71-60(53-50-47-44-41-38-35-27-24-21-18-15-12-9-3)59(58-70-72(67,68)69-57-56-64(4,5)6)63-61(65)54-51-48-45-42-39-36-29-26-23-20-17-14-11-8-2/h11,14,19-20,22-23,28,30,50,53,59-60H,7-10,12-13,15-18,21,24-27,29,31-49,51-52,54-58H2,1-6H3,(H-,63,65,67,68)/p+1/b14-11+,22-19-,23-20+,30-28-,53-50+. The Morgan fingerprint density at radius 1 is 0.500 bits per heavy atom. The Bertz CT molecular complexity index is 1420. The molecule has 0 rings (SSSR count). The Morgan fingerprint density at radius 3 is 1.35 bits per heavy atom. The molecule has 0 bridgehead atoms. The summed E-state index contributed by atoms with van der Waals surface area (Å²) in [6.07, 6.45) is 64.9. The SMILES string of the molecule is CC/C=C/C/C=C/CCCCCCCCCC(=O)NC(COP(=O)(O)OCC[N+](C)(C)C)C(/C=C/CCCCCCCCCCCCC)OC(=O)CCCCCCCCCCC/C=C\C/C=C\CCCCC. The Kier molecular flexibility index (Phi) is 50.5. The van der Waals surface area contributed by atoms with Crippen molar-refractivity contribution >= 4 is 19.7 Å². The molecule has 0 saturated heterocycles. The summed E-state index contributed by atoms with van der Waals surface area (Å²) in [4.78, 5) is 37.7. The average molecular weight is 1030 g/mol. The lowest BCUT2D eigenvalue weighted by Gasteiger charge is -2.27. The zero-order valence-corrected chi connectivity index (χ0v) is 48.8. The number of hydrogen-bond acceptors (Lipinski definition) is 6. The number of esters is 1. The van der Waals surface area contributed by atoms with E-state index in [1.165, 1.54) is 148 Å². The molecule has 0 heterocycles. The van der Waals surface area contributed by atoms with Crippen LogP contribution in [0.15, 0.2) is 60.8 Å². The van der Waals surface area contributed by atoms with E-state index in [9.17, 15) is 19.0 Å². The first-order chi connectivity index (χ1) is 34.9. The first-order valence-electron chi connectivity index (χ1n) is 30.1. The summed E-state index contributed by atoms with van der Waals surface area (Å²) >= 11 is 0. The molecule has 0 aromatic rings. The van der Waals surface area contributed by atoms with Gasteiger partial charge in [-0.3, -0.25) is 18.6 Å². The third kappa shape index (κ3) is 52.6. The Morgan fingerprint density at radius 2 is 0.889 bits per heavy atom. The lowest BCUT2D eigenvalue weighted by Crippen LogP contribution is -2.47. The van der Waals surface area contributed by atoms with E-state index in [0.717, 1.165) is 89.9 Å². The molecular weight excluding hydrogens is 916 g/mol. The molecule has 0 radical (unpaired) electrons. The second-order valence-electron chi connectivity index (χ2n) is 21.5. The van der Waals surface area contributed by atoms with E-state index in [0.29, 0.717) is 17.4 Å². The zero-order valence-electron chi connectivity index (χ0n) is 47.9. The van der Waals surface area contributed by atoms with Gasteiger partial charge in [-0.15, -0.1) is 0 Å². The Hall–Kier alpha value is -2.29. The number of carbonyl (C=O) groups is 2. The highest BCUT2D eigenvalue weighted by molar-refractivity contribution is 7.47. The van der Waals surface area contributed by atoms with Crippen LogP contribution < -0.4 is 5.32 Å². The number of phosphoric acid groups is 1. The number of nitrogens with zero attached hydrogens (tertiary/aromatic N) is 1. The number of rotatable bonds is 54. The molecule has 420 valence electrons. The summed E-state index contributed by atoms with van der Waals surface area (Å²) in [6, 6.07) is -0.854. The van der Waals surface area contributed by atoms with Crippen molar-refractivity contribution in [1.82, 2.24) is 5.32 Å². The van der Waals surface area contributed by atoms with E-state index >= 15 is 0 Å². The van der Waals surface area contributed by atoms with E-state index in [-0.39, 0.29) is 31.5 Å². The maximum atomic E-state index is 13.5. The van der Waals surface area contributed by atoms with Crippen LogP contribution in [0, 0.1) is 0 Å². The summed E-state index contributed by atoms with van der Waals surface area (Å²) in [6.45, 7) is 6.88. The van der Waals surface area contributed by atoms with Gasteiger partial charge in [0.05, 0.1) is 33.8 Å². The number of quaternary nitrogens is 1. The van der Waals surface area contributed by atoms with Gasteiger partial charge in [0, 0.05) is 12.8 Å². The van der Waals surface area contributed by atoms with Crippen molar-refractivity contribution in [2.24, 2.45) is 0 Å². The number of unbranched alkanes of at least 4 members (excludes halogenated alkanes) is 30. The number of phosphoric ester groups is 1. The fourth-order valence-corrected chi connectivity index (χ4v) is 9.27. The van der Waals surface area contributed by atoms with E-state index in [1.54, 1.807) is 0 Å². The van der Waals surface area contributed by atoms with Gasteiger partial charge in [0.25, 0.3) is 0 Å². The Balaban J connectivity index is 5.31. The molecule has 2 N–H and O–H groups in total. The number of hydrogen-bond donors (Lipinski definition) is 2. The van der Waals surface area contributed by atoms with Gasteiger partial charge in [0.15, 0.2) is 0 Å². The van der Waals surface area contributed by atoms with Crippen LogP contribution in [0.3, 0.4) is 0 Å². The molecule has 0 aromatic carbocycles. The van der Waals surface area contributed by atoms with Crippen molar-refractivity contribution in [2.45, 2.75) is 283 Å². The van der Waals surface area contributed by atoms with Crippen molar-refractivity contribution < 1.29 is 37.3 Å². The second-order valence-corrected chi connectivity index (χ2v) is 22.9. The lowest BCUT2D eigenvalue weighted by atomic mass is 10.0. The molecule has 3 atom stereocenters. The molecule has 3 unspecified atom stereocenters. The molecule has 9 nitrogen and oxygen atoms in total. The summed E-state index contributed by atoms with van der Waals surface area (Å²) in [5, 5.41) is 3.05. The van der Waals surface area contributed by atoms with E-state index in [4.69, 9.17) is 13.8 Å². The van der Waals surface area contributed by atoms with Gasteiger partial charge >= 0.3 is 13.8 Å². The third-order valence-corrected chi connectivity index (χ3v) is 14.2. The molecule has 0 spiro atoms. The molecule has 72 heavy (non-hydrogen) atoms. The molecular formula is C62H116N2O7P+. The summed E-state index contributed by atoms with van der Waals surface area (Å²) in [5.41, 5.74) is 0. The van der Waals surface area contributed by atoms with E-state index in [1.807, 2.05) is 33.3 Å². The second kappa shape index (κ2) is 52.2. The highest BCUT2D eigenvalue weighted by Crippen LogP contribution is 2.43. The normalized spacial score (nSPS) is 14.2. The molecule has 0 aliphatic heterocycles. The first-order valence-corrected chi connectivity index (χ1v) is 31.6. The smallest absolute Gasteiger partial charge is 0.456 e. The van der Waals surface area contributed by atoms with Gasteiger partial charge in [0.2, 0.25) is 5.91 Å². The van der Waals surface area contributed by atoms with Crippen LogP contribution in [-0.2, 0) is 27.9 Å². The topological polar surface area (TPSA) is 111 Å². The average Bonchev–Trinajstić information content (AvgIpc) is 3.34. The van der Waals surface area contributed by atoms with Crippen LogP contribution in [0.1, 0.15) is 271 Å². The van der Waals surface area contributed by atoms with Crippen LogP contribution in [-0.4, -0.2) is 74.3 Å². The van der Waals surface area contributed by atoms with Gasteiger partial charge in [-0.05, 0) is 89.5 Å². The number of likely N-dealkylation sites (N-methyl/N-ethyl adjacent to an activating group) is 1. The predicted molar refractivity (Wildman–Crippen MR) is 309 cm³/mol. The fraction of sp³-hybridized carbons (Fsp3) is 0.806. The van der Waals surface area contributed by atoms with Crippen LogP contribution in [0.25, 0.3) is 0 Å². The fourth-order valence-electron chi connectivity index (χ4n) is 8.54. The van der Waals surface area contributed by atoms with Crippen molar-refractivity contribution in [1.29, 1.82) is 0 Å². The highest BCUT2D eigenvalue weighted by atomic mass is 31.2. The molecule has 0 aromatic heterocycles. The number of carbonyl (C=O) groups excluding carboxylic acids is 2. The molecule has 10 heteroatoms. The van der Waals surface area contributed by atoms with Gasteiger partial charge in [-0.25, -0.2) is 4.57 Å². The third-order valence-electron chi connectivity index (χ3n) is 13.2. The monoisotopic (exact) mass is 1030 g/mol. The van der Waals surface area contributed by atoms with Crippen LogP contribution in [0.4, 0.5) is 0 Å². The molecule has 0 fully saturated rings. The minimum absolute atomic E-state index is 0.0368. The van der Waals surface area contributed by atoms with Crippen LogP contribution in [0.5, 0.6) is 0 Å².